The van der Waals surface area contributed by atoms with E-state index in [-0.39, 0.29) is 72.3 Å². The second-order valence-electron chi connectivity index (χ2n) is 5.14. The molecule has 172 valence electrons. The maximum atomic E-state index is 11.0. The first kappa shape index (κ1) is 38.4. The number of esters is 2. The van der Waals surface area contributed by atoms with E-state index < -0.39 is 67.3 Å². The molecule has 32 heavy (non-hydrogen) atoms. The van der Waals surface area contributed by atoms with Crippen LogP contribution in [0, 0.1) is 0 Å². The van der Waals surface area contributed by atoms with E-state index in [1.54, 1.807) is 0 Å². The third kappa shape index (κ3) is 18.7. The summed E-state index contributed by atoms with van der Waals surface area (Å²) in [7, 11) is -9.90. The van der Waals surface area contributed by atoms with Crippen molar-refractivity contribution in [3.05, 3.63) is 25.3 Å². The molecule has 0 spiro atoms. The summed E-state index contributed by atoms with van der Waals surface area (Å²) in [5, 5.41) is -4.18. The fourth-order valence-corrected chi connectivity index (χ4v) is 2.78. The maximum absolute atomic E-state index is 11.0. The molecule has 0 rings (SSSR count). The Bertz CT molecular complexity index is 802. The predicted molar refractivity (Wildman–Crippen MR) is 96.9 cm³/mol. The topological polar surface area (TPSA) is 253 Å². The van der Waals surface area contributed by atoms with Crippen molar-refractivity contribution in [2.24, 2.45) is 11.5 Å². The van der Waals surface area contributed by atoms with Gasteiger partial charge in [-0.15, -0.1) is 0 Å². The summed E-state index contributed by atoms with van der Waals surface area (Å²) in [5.74, 6) is -4.75. The standard InChI is InChI=1S/2C7H11NO6S.2Na/c2*1-2-3-14-7(10)5(4-6(8)9)15(11,12)13;;/h2*2,5H,1,3-4H2,(H2,8,9)(H,11,12,13);;/q;;2*+1/p-2. The van der Waals surface area contributed by atoms with E-state index in [0.717, 1.165) is 0 Å². The molecule has 0 aromatic heterocycles. The summed E-state index contributed by atoms with van der Waals surface area (Å²) in [4.78, 5) is 42.9. The molecule has 0 aliphatic rings. The Morgan fingerprint density at radius 1 is 0.750 bits per heavy atom. The molecule has 2 amide bonds. The normalized spacial score (nSPS) is 12.1. The number of nitrogens with two attached hydrogens (primary N) is 2. The Hall–Kier alpha value is -0.820. The number of primary amides is 2. The van der Waals surface area contributed by atoms with Crippen molar-refractivity contribution >= 4 is 44.0 Å². The van der Waals surface area contributed by atoms with E-state index in [2.05, 4.69) is 34.1 Å². The van der Waals surface area contributed by atoms with Gasteiger partial charge in [0, 0.05) is 0 Å². The number of hydrogen-bond donors (Lipinski definition) is 2. The minimum absolute atomic E-state index is 0. The van der Waals surface area contributed by atoms with Crippen molar-refractivity contribution in [3.63, 3.8) is 0 Å². The van der Waals surface area contributed by atoms with Crippen LogP contribution >= 0.6 is 0 Å². The SMILES string of the molecule is C=CCOC(=O)C(CC(N)=O)S(=O)(=O)[O-].C=CCOC(=O)C(CC(N)=O)S(=O)(=O)[O-].[Na+].[Na+]. The molecule has 14 nitrogen and oxygen atoms in total. The van der Waals surface area contributed by atoms with Crippen LogP contribution in [-0.2, 0) is 48.9 Å². The Morgan fingerprint density at radius 3 is 1.16 bits per heavy atom. The van der Waals surface area contributed by atoms with Gasteiger partial charge in [-0.3, -0.25) is 19.2 Å². The summed E-state index contributed by atoms with van der Waals surface area (Å²) in [6, 6.07) is 0. The largest absolute Gasteiger partial charge is 1.00 e. The zero-order valence-electron chi connectivity index (χ0n) is 17.4. The maximum Gasteiger partial charge on any atom is 1.00 e. The van der Waals surface area contributed by atoms with E-state index in [4.69, 9.17) is 0 Å². The summed E-state index contributed by atoms with van der Waals surface area (Å²) in [6.07, 6.45) is 0.608. The number of carbonyl (C=O) groups excluding carboxylic acids is 4. The van der Waals surface area contributed by atoms with E-state index >= 15 is 0 Å². The molecule has 2 atom stereocenters. The van der Waals surface area contributed by atoms with Crippen LogP contribution in [0.1, 0.15) is 12.8 Å². The van der Waals surface area contributed by atoms with Gasteiger partial charge in [0.25, 0.3) is 0 Å². The summed E-state index contributed by atoms with van der Waals surface area (Å²) < 4.78 is 72.2. The van der Waals surface area contributed by atoms with Crippen LogP contribution in [0.15, 0.2) is 25.3 Å². The predicted octanol–water partition coefficient (Wildman–Crippen LogP) is -8.98. The van der Waals surface area contributed by atoms with Crippen molar-refractivity contribution in [3.8, 4) is 0 Å². The number of hydrogen-bond acceptors (Lipinski definition) is 12. The Kier molecular flexibility index (Phi) is 22.3. The van der Waals surface area contributed by atoms with E-state index in [0.29, 0.717) is 0 Å². The second-order valence-corrected chi connectivity index (χ2v) is 8.25. The summed E-state index contributed by atoms with van der Waals surface area (Å²) in [6.45, 7) is 5.94. The smallest absolute Gasteiger partial charge is 0.747 e. The molecule has 0 saturated carbocycles. The van der Waals surface area contributed by atoms with Gasteiger partial charge in [0.05, 0.1) is 12.8 Å². The molecule has 0 radical (unpaired) electrons. The van der Waals surface area contributed by atoms with Crippen LogP contribution in [0.25, 0.3) is 0 Å². The van der Waals surface area contributed by atoms with Crippen molar-refractivity contribution in [2.75, 3.05) is 13.2 Å². The summed E-state index contributed by atoms with van der Waals surface area (Å²) in [5.41, 5.74) is 9.37. The van der Waals surface area contributed by atoms with Gasteiger partial charge in [0.15, 0.2) is 10.5 Å². The zero-order chi connectivity index (χ0) is 24.1. The van der Waals surface area contributed by atoms with Gasteiger partial charge in [-0.2, -0.15) is 0 Å². The molecular formula is C14H20N2Na2O12S2. The molecule has 18 heteroatoms. The third-order valence-corrected chi connectivity index (χ3v) is 4.79. The molecule has 0 saturated heterocycles. The van der Waals surface area contributed by atoms with Gasteiger partial charge in [0.2, 0.25) is 11.8 Å². The van der Waals surface area contributed by atoms with Crippen molar-refractivity contribution in [1.29, 1.82) is 0 Å². The van der Waals surface area contributed by atoms with Crippen LogP contribution in [0.5, 0.6) is 0 Å². The first-order valence-electron chi connectivity index (χ1n) is 7.58. The second kappa shape index (κ2) is 18.6. The number of ether oxygens (including phenoxy) is 2. The van der Waals surface area contributed by atoms with E-state index in [9.17, 15) is 45.1 Å². The number of amides is 2. The summed E-state index contributed by atoms with van der Waals surface area (Å²) >= 11 is 0. The quantitative estimate of drug-likeness (QED) is 0.106. The van der Waals surface area contributed by atoms with Crippen LogP contribution in [0.3, 0.4) is 0 Å². The molecule has 0 aromatic carbocycles. The first-order chi connectivity index (χ1) is 13.6. The number of carbonyl (C=O) groups is 4. The molecule has 4 N–H and O–H groups in total. The fraction of sp³-hybridized carbons (Fsp3) is 0.429. The Balaban J connectivity index is -0.000000231. The molecular weight excluding hydrogens is 498 g/mol. The van der Waals surface area contributed by atoms with Crippen LogP contribution in [0.4, 0.5) is 0 Å². The number of rotatable bonds is 12. The fourth-order valence-electron chi connectivity index (χ4n) is 1.44. The van der Waals surface area contributed by atoms with Gasteiger partial charge in [-0.25, -0.2) is 16.8 Å². The minimum Gasteiger partial charge on any atom is -0.747 e. The minimum atomic E-state index is -4.95. The molecule has 0 bridgehead atoms. The monoisotopic (exact) mass is 518 g/mol. The molecule has 0 heterocycles. The van der Waals surface area contributed by atoms with Crippen LogP contribution in [0.2, 0.25) is 0 Å². The Morgan fingerprint density at radius 2 is 1.00 bits per heavy atom. The van der Waals surface area contributed by atoms with E-state index in [1.165, 1.54) is 12.2 Å². The Labute approximate surface area is 229 Å². The molecule has 2 unspecified atom stereocenters. The molecule has 0 aliphatic carbocycles. The van der Waals surface area contributed by atoms with Gasteiger partial charge in [-0.05, 0) is 0 Å². The molecule has 0 aromatic rings. The third-order valence-electron chi connectivity index (χ3n) is 2.68. The first-order valence-corrected chi connectivity index (χ1v) is 10.5. The van der Waals surface area contributed by atoms with Gasteiger partial charge >= 0.3 is 71.1 Å². The van der Waals surface area contributed by atoms with Gasteiger partial charge in [-0.1, -0.05) is 25.3 Å². The van der Waals surface area contributed by atoms with Crippen molar-refractivity contribution < 1.29 is 114 Å². The van der Waals surface area contributed by atoms with Gasteiger partial charge < -0.3 is 30.0 Å². The van der Waals surface area contributed by atoms with Crippen LogP contribution in [-0.4, -0.2) is 73.4 Å². The average molecular weight is 518 g/mol. The average Bonchev–Trinajstić information content (AvgIpc) is 2.58. The zero-order valence-corrected chi connectivity index (χ0v) is 23.1. The van der Waals surface area contributed by atoms with Crippen molar-refractivity contribution in [1.82, 2.24) is 0 Å². The molecule has 0 aliphatic heterocycles. The molecule has 0 fully saturated rings. The van der Waals surface area contributed by atoms with Crippen LogP contribution < -0.4 is 70.6 Å². The van der Waals surface area contributed by atoms with Gasteiger partial charge in [0.1, 0.15) is 33.5 Å². The van der Waals surface area contributed by atoms with E-state index in [1.807, 2.05) is 0 Å². The van der Waals surface area contributed by atoms with Crippen molar-refractivity contribution in [2.45, 2.75) is 23.3 Å².